The van der Waals surface area contributed by atoms with E-state index in [0.717, 1.165) is 16.2 Å². The molecule has 0 aliphatic carbocycles. The number of amides is 2. The van der Waals surface area contributed by atoms with Crippen LogP contribution in [-0.2, 0) is 13.1 Å². The molecular weight excluding hydrogens is 356 g/mol. The van der Waals surface area contributed by atoms with Crippen molar-refractivity contribution >= 4 is 29.0 Å². The quantitative estimate of drug-likeness (QED) is 0.622. The molecule has 0 saturated heterocycles. The zero-order valence-corrected chi connectivity index (χ0v) is 15.4. The summed E-state index contributed by atoms with van der Waals surface area (Å²) in [6.45, 7) is 2.89. The van der Waals surface area contributed by atoms with Gasteiger partial charge in [-0.25, -0.2) is 4.79 Å². The fraction of sp³-hybridized carbons (Fsp3) is 0.211. The van der Waals surface area contributed by atoms with Crippen LogP contribution in [0.2, 0.25) is 5.02 Å². The monoisotopic (exact) mass is 374 g/mol. The number of nitrogens with zero attached hydrogens (tertiary/aromatic N) is 1. The van der Waals surface area contributed by atoms with E-state index in [1.807, 2.05) is 60.8 Å². The Labute approximate surface area is 156 Å². The van der Waals surface area contributed by atoms with Crippen LogP contribution in [0.5, 0.6) is 0 Å². The molecule has 0 saturated carbocycles. The van der Waals surface area contributed by atoms with E-state index < -0.39 is 0 Å². The summed E-state index contributed by atoms with van der Waals surface area (Å²) in [7, 11) is 0. The molecule has 0 spiro atoms. The minimum atomic E-state index is -0.145. The van der Waals surface area contributed by atoms with Crippen LogP contribution in [0.4, 0.5) is 4.79 Å². The van der Waals surface area contributed by atoms with Crippen LogP contribution in [0.1, 0.15) is 29.2 Å². The minimum absolute atomic E-state index is 0.141. The molecule has 0 aliphatic heterocycles. The first-order valence-electron chi connectivity index (χ1n) is 7.97. The summed E-state index contributed by atoms with van der Waals surface area (Å²) in [5, 5.41) is 5.70. The second kappa shape index (κ2) is 8.23. The molecule has 6 heteroatoms. The molecule has 1 atom stereocenters. The van der Waals surface area contributed by atoms with Crippen molar-refractivity contribution in [1.29, 1.82) is 0 Å². The van der Waals surface area contributed by atoms with E-state index in [-0.39, 0.29) is 12.1 Å². The number of rotatable bonds is 6. The Morgan fingerprint density at radius 3 is 2.80 bits per heavy atom. The number of benzene rings is 1. The number of furan rings is 1. The largest absolute Gasteiger partial charge is 0.467 e. The van der Waals surface area contributed by atoms with Crippen LogP contribution >= 0.6 is 22.9 Å². The van der Waals surface area contributed by atoms with Gasteiger partial charge in [0.1, 0.15) is 5.76 Å². The first kappa shape index (κ1) is 17.6. The van der Waals surface area contributed by atoms with Crippen molar-refractivity contribution in [2.45, 2.75) is 26.1 Å². The Morgan fingerprint density at radius 1 is 1.24 bits per heavy atom. The first-order chi connectivity index (χ1) is 12.1. The van der Waals surface area contributed by atoms with Gasteiger partial charge in [0.25, 0.3) is 0 Å². The highest BCUT2D eigenvalue weighted by molar-refractivity contribution is 7.09. The molecule has 130 valence electrons. The zero-order valence-electron chi connectivity index (χ0n) is 13.8. The van der Waals surface area contributed by atoms with Crippen LogP contribution in [0.25, 0.3) is 0 Å². The topological polar surface area (TPSA) is 45.5 Å². The predicted molar refractivity (Wildman–Crippen MR) is 101 cm³/mol. The molecule has 1 aromatic carbocycles. The van der Waals surface area contributed by atoms with Gasteiger partial charge >= 0.3 is 6.03 Å². The second-order valence-electron chi connectivity index (χ2n) is 5.74. The minimum Gasteiger partial charge on any atom is -0.467 e. The fourth-order valence-corrected chi connectivity index (χ4v) is 3.43. The van der Waals surface area contributed by atoms with E-state index in [9.17, 15) is 4.79 Å². The van der Waals surface area contributed by atoms with Gasteiger partial charge < -0.3 is 14.6 Å². The molecular formula is C19H19ClN2O2S. The Morgan fingerprint density at radius 2 is 2.12 bits per heavy atom. The van der Waals surface area contributed by atoms with Gasteiger partial charge in [0.2, 0.25) is 0 Å². The molecule has 25 heavy (non-hydrogen) atoms. The van der Waals surface area contributed by atoms with Crippen molar-refractivity contribution in [3.05, 3.63) is 81.4 Å². The molecule has 1 unspecified atom stereocenters. The Kier molecular flexibility index (Phi) is 5.79. The van der Waals surface area contributed by atoms with Crippen LogP contribution in [0, 0.1) is 0 Å². The SMILES string of the molecule is CC(NC(=O)N(Cc1ccco1)Cc1cccs1)c1cccc(Cl)c1. The van der Waals surface area contributed by atoms with Gasteiger partial charge in [-0.15, -0.1) is 11.3 Å². The van der Waals surface area contributed by atoms with Crippen LogP contribution < -0.4 is 5.32 Å². The average Bonchev–Trinajstić information content (AvgIpc) is 3.28. The number of carbonyl (C=O) groups excluding carboxylic acids is 1. The molecule has 2 heterocycles. The van der Waals surface area contributed by atoms with Gasteiger partial charge in [-0.2, -0.15) is 0 Å². The van der Waals surface area contributed by atoms with Crippen LogP contribution in [-0.4, -0.2) is 10.9 Å². The lowest BCUT2D eigenvalue weighted by molar-refractivity contribution is 0.184. The second-order valence-corrected chi connectivity index (χ2v) is 7.21. The van der Waals surface area contributed by atoms with Crippen LogP contribution in [0.15, 0.2) is 64.6 Å². The number of thiophene rings is 1. The molecule has 0 aliphatic rings. The van der Waals surface area contributed by atoms with E-state index in [0.29, 0.717) is 18.1 Å². The normalized spacial score (nSPS) is 11.9. The van der Waals surface area contributed by atoms with Gasteiger partial charge in [0, 0.05) is 9.90 Å². The summed E-state index contributed by atoms with van der Waals surface area (Å²) < 4.78 is 5.40. The zero-order chi connectivity index (χ0) is 17.6. The van der Waals surface area contributed by atoms with Gasteiger partial charge in [0.05, 0.1) is 25.4 Å². The molecule has 3 rings (SSSR count). The molecule has 4 nitrogen and oxygen atoms in total. The van der Waals surface area contributed by atoms with E-state index >= 15 is 0 Å². The predicted octanol–water partition coefficient (Wildman–Crippen LogP) is 5.47. The Balaban J connectivity index is 1.71. The van der Waals surface area contributed by atoms with Crippen molar-refractivity contribution in [3.63, 3.8) is 0 Å². The summed E-state index contributed by atoms with van der Waals surface area (Å²) in [5.41, 5.74) is 0.968. The van der Waals surface area contributed by atoms with Gasteiger partial charge in [0.15, 0.2) is 0 Å². The maximum Gasteiger partial charge on any atom is 0.318 e. The maximum atomic E-state index is 12.8. The van der Waals surface area contributed by atoms with Crippen molar-refractivity contribution in [3.8, 4) is 0 Å². The average molecular weight is 375 g/mol. The molecule has 1 N–H and O–H groups in total. The van der Waals surface area contributed by atoms with Gasteiger partial charge in [-0.05, 0) is 48.2 Å². The summed E-state index contributed by atoms with van der Waals surface area (Å²) in [4.78, 5) is 15.7. The lowest BCUT2D eigenvalue weighted by Gasteiger charge is -2.24. The number of nitrogens with one attached hydrogen (secondary N) is 1. The highest BCUT2D eigenvalue weighted by Gasteiger charge is 2.19. The third-order valence-electron chi connectivity index (χ3n) is 3.83. The number of carbonyl (C=O) groups is 1. The Bertz CT molecular complexity index is 766. The maximum absolute atomic E-state index is 12.8. The highest BCUT2D eigenvalue weighted by Crippen LogP contribution is 2.19. The molecule has 3 aromatic rings. The third-order valence-corrected chi connectivity index (χ3v) is 4.93. The highest BCUT2D eigenvalue weighted by atomic mass is 35.5. The van der Waals surface area contributed by atoms with Crippen molar-refractivity contribution in [1.82, 2.24) is 10.2 Å². The van der Waals surface area contributed by atoms with Gasteiger partial charge in [-0.1, -0.05) is 29.8 Å². The number of halogens is 1. The molecule has 2 amide bonds. The van der Waals surface area contributed by atoms with Gasteiger partial charge in [-0.3, -0.25) is 0 Å². The summed E-state index contributed by atoms with van der Waals surface area (Å²) in [6, 6.07) is 14.9. The molecule has 0 fully saturated rings. The van der Waals surface area contributed by atoms with E-state index in [1.54, 1.807) is 22.5 Å². The van der Waals surface area contributed by atoms with E-state index in [1.165, 1.54) is 0 Å². The fourth-order valence-electron chi connectivity index (χ4n) is 2.52. The van der Waals surface area contributed by atoms with Crippen molar-refractivity contribution in [2.75, 3.05) is 0 Å². The van der Waals surface area contributed by atoms with E-state index in [2.05, 4.69) is 5.32 Å². The standard InChI is InChI=1S/C19H19ClN2O2S/c1-14(15-5-2-6-16(20)11-15)21-19(23)22(12-17-7-3-9-24-17)13-18-8-4-10-25-18/h2-11,14H,12-13H2,1H3,(H,21,23). The molecule has 2 aromatic heterocycles. The summed E-state index contributed by atoms with van der Waals surface area (Å²) in [6.07, 6.45) is 1.62. The summed E-state index contributed by atoms with van der Waals surface area (Å²) >= 11 is 7.67. The van der Waals surface area contributed by atoms with Crippen LogP contribution in [0.3, 0.4) is 0 Å². The molecule has 0 radical (unpaired) electrons. The first-order valence-corrected chi connectivity index (χ1v) is 9.23. The molecule has 0 bridgehead atoms. The number of hydrogen-bond acceptors (Lipinski definition) is 3. The summed E-state index contributed by atoms with van der Waals surface area (Å²) in [5.74, 6) is 0.752. The lowest BCUT2D eigenvalue weighted by Crippen LogP contribution is -2.40. The number of hydrogen-bond donors (Lipinski definition) is 1. The number of urea groups is 1. The van der Waals surface area contributed by atoms with Crippen molar-refractivity contribution < 1.29 is 9.21 Å². The smallest absolute Gasteiger partial charge is 0.318 e. The lowest BCUT2D eigenvalue weighted by atomic mass is 10.1. The van der Waals surface area contributed by atoms with E-state index in [4.69, 9.17) is 16.0 Å². The Hall–Kier alpha value is -2.24. The third kappa shape index (κ3) is 4.87. The van der Waals surface area contributed by atoms with Crippen molar-refractivity contribution in [2.24, 2.45) is 0 Å².